The first-order chi connectivity index (χ1) is 5.54. The number of nitrogens with zero attached hydrogens (tertiary/aromatic N) is 2. The topological polar surface area (TPSA) is 27.0 Å². The van der Waals surface area contributed by atoms with Crippen molar-refractivity contribution in [2.45, 2.75) is 27.2 Å². The fraction of sp³-hybridized carbons (Fsp3) is 0.900. The molecule has 0 atom stereocenters. The fourth-order valence-electron chi connectivity index (χ4n) is 1.51. The number of hydrogen-bond acceptors (Lipinski definition) is 2. The van der Waals surface area contributed by atoms with Crippen molar-refractivity contribution in [1.29, 1.82) is 5.26 Å². The van der Waals surface area contributed by atoms with E-state index in [2.05, 4.69) is 31.7 Å². The minimum atomic E-state index is 0.448. The second-order valence-electron chi connectivity index (χ2n) is 4.73. The summed E-state index contributed by atoms with van der Waals surface area (Å²) >= 11 is 0. The highest BCUT2D eigenvalue weighted by Crippen LogP contribution is 2.33. The molecule has 68 valence electrons. The molecule has 1 fully saturated rings. The maximum Gasteiger partial charge on any atom is 0.0635 e. The molecule has 0 aromatic rings. The Labute approximate surface area is 75.2 Å². The van der Waals surface area contributed by atoms with E-state index in [0.29, 0.717) is 11.8 Å². The summed E-state index contributed by atoms with van der Waals surface area (Å²) in [5, 5.41) is 8.38. The van der Waals surface area contributed by atoms with Crippen molar-refractivity contribution in [2.24, 2.45) is 11.3 Å². The summed E-state index contributed by atoms with van der Waals surface area (Å²) in [7, 11) is 0. The summed E-state index contributed by atoms with van der Waals surface area (Å²) < 4.78 is 0. The van der Waals surface area contributed by atoms with Crippen LogP contribution in [0.15, 0.2) is 0 Å². The van der Waals surface area contributed by atoms with Crippen LogP contribution in [0.2, 0.25) is 0 Å². The van der Waals surface area contributed by atoms with Gasteiger partial charge in [-0.3, -0.25) is 0 Å². The molecule has 2 heteroatoms. The molecule has 0 radical (unpaired) electrons. The standard InChI is InChI=1S/C10H18N2/c1-10(2,3)9-7-12(8-9)6-4-5-11/h9H,4,6-8H2,1-3H3. The van der Waals surface area contributed by atoms with Crippen LogP contribution >= 0.6 is 0 Å². The van der Waals surface area contributed by atoms with Crippen LogP contribution in [-0.2, 0) is 0 Å². The van der Waals surface area contributed by atoms with E-state index in [1.807, 2.05) is 0 Å². The molecule has 1 aliphatic rings. The Morgan fingerprint density at radius 2 is 2.00 bits per heavy atom. The zero-order valence-corrected chi connectivity index (χ0v) is 8.30. The summed E-state index contributed by atoms with van der Waals surface area (Å²) in [6.45, 7) is 10.2. The smallest absolute Gasteiger partial charge is 0.0635 e. The lowest BCUT2D eigenvalue weighted by molar-refractivity contribution is 0.0267. The van der Waals surface area contributed by atoms with E-state index in [9.17, 15) is 0 Å². The maximum absolute atomic E-state index is 8.38. The predicted octanol–water partition coefficient (Wildman–Crippen LogP) is 1.88. The second kappa shape index (κ2) is 3.45. The average molecular weight is 166 g/mol. The van der Waals surface area contributed by atoms with Crippen LogP contribution in [0.1, 0.15) is 27.2 Å². The Kier molecular flexibility index (Phi) is 2.74. The SMILES string of the molecule is CC(C)(C)C1CN(CCC#N)C1. The minimum absolute atomic E-state index is 0.448. The monoisotopic (exact) mass is 166 g/mol. The Balaban J connectivity index is 2.17. The van der Waals surface area contributed by atoms with Crippen LogP contribution in [-0.4, -0.2) is 24.5 Å². The van der Waals surface area contributed by atoms with Gasteiger partial charge in [0.2, 0.25) is 0 Å². The third-order valence-corrected chi connectivity index (χ3v) is 2.72. The molecular formula is C10H18N2. The lowest BCUT2D eigenvalue weighted by atomic mass is 9.76. The molecule has 1 rings (SSSR count). The van der Waals surface area contributed by atoms with Gasteiger partial charge in [-0.15, -0.1) is 0 Å². The maximum atomic E-state index is 8.38. The van der Waals surface area contributed by atoms with Gasteiger partial charge < -0.3 is 4.90 Å². The molecule has 2 nitrogen and oxygen atoms in total. The Morgan fingerprint density at radius 1 is 1.42 bits per heavy atom. The molecule has 0 spiro atoms. The Hall–Kier alpha value is -0.550. The molecule has 1 saturated heterocycles. The quantitative estimate of drug-likeness (QED) is 0.626. The van der Waals surface area contributed by atoms with Crippen molar-refractivity contribution < 1.29 is 0 Å². The van der Waals surface area contributed by atoms with E-state index >= 15 is 0 Å². The average Bonchev–Trinajstić information content (AvgIpc) is 1.81. The van der Waals surface area contributed by atoms with Gasteiger partial charge in [-0.1, -0.05) is 20.8 Å². The Morgan fingerprint density at radius 3 is 2.42 bits per heavy atom. The molecule has 0 N–H and O–H groups in total. The van der Waals surface area contributed by atoms with Gasteiger partial charge in [-0.25, -0.2) is 0 Å². The predicted molar refractivity (Wildman–Crippen MR) is 49.6 cm³/mol. The van der Waals surface area contributed by atoms with Crippen LogP contribution < -0.4 is 0 Å². The first-order valence-electron chi connectivity index (χ1n) is 4.63. The number of hydrogen-bond donors (Lipinski definition) is 0. The van der Waals surface area contributed by atoms with Crippen molar-refractivity contribution in [3.8, 4) is 6.07 Å². The molecule has 0 aliphatic carbocycles. The normalized spacial score (nSPS) is 20.2. The Bertz CT molecular complexity index is 179. The largest absolute Gasteiger partial charge is 0.302 e. The van der Waals surface area contributed by atoms with E-state index in [0.717, 1.165) is 12.5 Å². The summed E-state index contributed by atoms with van der Waals surface area (Å²) in [5.74, 6) is 0.830. The first kappa shape index (κ1) is 9.54. The van der Waals surface area contributed by atoms with Crippen molar-refractivity contribution in [3.05, 3.63) is 0 Å². The lowest BCUT2D eigenvalue weighted by Gasteiger charge is -2.46. The summed E-state index contributed by atoms with van der Waals surface area (Å²) in [6, 6.07) is 2.18. The first-order valence-corrected chi connectivity index (χ1v) is 4.63. The van der Waals surface area contributed by atoms with Gasteiger partial charge in [-0.2, -0.15) is 5.26 Å². The number of likely N-dealkylation sites (tertiary alicyclic amines) is 1. The number of nitriles is 1. The van der Waals surface area contributed by atoms with Gasteiger partial charge in [-0.05, 0) is 11.3 Å². The lowest BCUT2D eigenvalue weighted by Crippen LogP contribution is -2.52. The van der Waals surface area contributed by atoms with Crippen molar-refractivity contribution in [1.82, 2.24) is 4.90 Å². The molecule has 0 aromatic heterocycles. The van der Waals surface area contributed by atoms with Crippen molar-refractivity contribution >= 4 is 0 Å². The fourth-order valence-corrected chi connectivity index (χ4v) is 1.51. The highest BCUT2D eigenvalue weighted by atomic mass is 15.2. The van der Waals surface area contributed by atoms with E-state index < -0.39 is 0 Å². The van der Waals surface area contributed by atoms with Gasteiger partial charge in [0, 0.05) is 26.1 Å². The summed E-state index contributed by atoms with van der Waals surface area (Å²) in [5.41, 5.74) is 0.448. The highest BCUT2D eigenvalue weighted by molar-refractivity contribution is 4.89. The van der Waals surface area contributed by atoms with Crippen LogP contribution in [0.4, 0.5) is 0 Å². The molecule has 0 unspecified atom stereocenters. The number of rotatable bonds is 2. The molecule has 0 aromatic carbocycles. The molecule has 0 bridgehead atoms. The minimum Gasteiger partial charge on any atom is -0.302 e. The van der Waals surface area contributed by atoms with Gasteiger partial charge in [0.15, 0.2) is 0 Å². The van der Waals surface area contributed by atoms with Crippen LogP contribution in [0.3, 0.4) is 0 Å². The molecule has 1 heterocycles. The van der Waals surface area contributed by atoms with E-state index in [-0.39, 0.29) is 0 Å². The van der Waals surface area contributed by atoms with Crippen LogP contribution in [0.25, 0.3) is 0 Å². The second-order valence-corrected chi connectivity index (χ2v) is 4.73. The van der Waals surface area contributed by atoms with Crippen LogP contribution in [0.5, 0.6) is 0 Å². The molecule has 0 saturated carbocycles. The van der Waals surface area contributed by atoms with Gasteiger partial charge >= 0.3 is 0 Å². The summed E-state index contributed by atoms with van der Waals surface area (Å²) in [6.07, 6.45) is 0.677. The molecule has 12 heavy (non-hydrogen) atoms. The van der Waals surface area contributed by atoms with E-state index in [1.165, 1.54) is 13.1 Å². The van der Waals surface area contributed by atoms with Gasteiger partial charge in [0.05, 0.1) is 6.07 Å². The van der Waals surface area contributed by atoms with E-state index in [1.54, 1.807) is 0 Å². The van der Waals surface area contributed by atoms with Crippen LogP contribution in [0, 0.1) is 22.7 Å². The molecule has 1 aliphatic heterocycles. The van der Waals surface area contributed by atoms with Crippen molar-refractivity contribution in [2.75, 3.05) is 19.6 Å². The third kappa shape index (κ3) is 2.22. The zero-order chi connectivity index (χ0) is 9.19. The van der Waals surface area contributed by atoms with Crippen molar-refractivity contribution in [3.63, 3.8) is 0 Å². The summed E-state index contributed by atoms with van der Waals surface area (Å²) in [4.78, 5) is 2.36. The van der Waals surface area contributed by atoms with Gasteiger partial charge in [0.25, 0.3) is 0 Å². The highest BCUT2D eigenvalue weighted by Gasteiger charge is 2.34. The molecular weight excluding hydrogens is 148 g/mol. The molecule has 0 amide bonds. The van der Waals surface area contributed by atoms with Gasteiger partial charge in [0.1, 0.15) is 0 Å². The third-order valence-electron chi connectivity index (χ3n) is 2.72. The zero-order valence-electron chi connectivity index (χ0n) is 8.30. The van der Waals surface area contributed by atoms with E-state index in [4.69, 9.17) is 5.26 Å².